The van der Waals surface area contributed by atoms with Gasteiger partial charge in [-0.1, -0.05) is 6.92 Å². The van der Waals surface area contributed by atoms with E-state index in [0.29, 0.717) is 6.42 Å². The van der Waals surface area contributed by atoms with Crippen LogP contribution in [0.5, 0.6) is 0 Å². The summed E-state index contributed by atoms with van der Waals surface area (Å²) in [5.74, 6) is 0.351. The molecule has 1 amide bonds. The number of nitrogens with zero attached hydrogens (tertiary/aromatic N) is 1. The Labute approximate surface area is 72.7 Å². The van der Waals surface area contributed by atoms with E-state index in [9.17, 15) is 9.59 Å². The minimum atomic E-state index is -0.0532. The maximum absolute atomic E-state index is 11.4. The molecule has 68 valence electrons. The van der Waals surface area contributed by atoms with E-state index in [1.165, 1.54) is 0 Å². The van der Waals surface area contributed by atoms with Crippen molar-refractivity contribution in [1.82, 2.24) is 4.90 Å². The van der Waals surface area contributed by atoms with E-state index >= 15 is 0 Å². The number of carbonyl (C=O) groups excluding carboxylic acids is 2. The molecule has 0 spiro atoms. The van der Waals surface area contributed by atoms with Gasteiger partial charge in [0.25, 0.3) is 0 Å². The molecular formula is C9H15NO2. The Balaban J connectivity index is 2.57. The van der Waals surface area contributed by atoms with Crippen molar-refractivity contribution in [2.24, 2.45) is 11.8 Å². The molecule has 0 saturated heterocycles. The summed E-state index contributed by atoms with van der Waals surface area (Å²) < 4.78 is 0. The first-order valence-corrected chi connectivity index (χ1v) is 4.26. The van der Waals surface area contributed by atoms with Crippen LogP contribution in [0, 0.1) is 11.8 Å². The van der Waals surface area contributed by atoms with Gasteiger partial charge in [-0.05, 0) is 6.42 Å². The van der Waals surface area contributed by atoms with E-state index in [0.717, 1.165) is 6.42 Å². The first-order chi connectivity index (χ1) is 5.52. The Morgan fingerprint density at radius 3 is 2.42 bits per heavy atom. The molecule has 1 saturated carbocycles. The van der Waals surface area contributed by atoms with Crippen molar-refractivity contribution in [3.63, 3.8) is 0 Å². The smallest absolute Gasteiger partial charge is 0.225 e. The van der Waals surface area contributed by atoms with Crippen LogP contribution in [-0.4, -0.2) is 30.7 Å². The van der Waals surface area contributed by atoms with Crippen molar-refractivity contribution in [3.8, 4) is 0 Å². The zero-order valence-electron chi connectivity index (χ0n) is 7.83. The molecule has 1 aliphatic rings. The minimum Gasteiger partial charge on any atom is -0.349 e. The highest BCUT2D eigenvalue weighted by atomic mass is 16.2. The summed E-state index contributed by atoms with van der Waals surface area (Å²) in [6.07, 6.45) is 1.17. The Bertz CT molecular complexity index is 211. The molecular weight excluding hydrogens is 154 g/mol. The molecule has 3 heteroatoms. The molecule has 0 radical (unpaired) electrons. The van der Waals surface area contributed by atoms with Gasteiger partial charge in [-0.15, -0.1) is 0 Å². The molecule has 0 aromatic heterocycles. The van der Waals surface area contributed by atoms with Gasteiger partial charge in [-0.25, -0.2) is 0 Å². The van der Waals surface area contributed by atoms with Crippen molar-refractivity contribution < 1.29 is 9.59 Å². The molecule has 2 unspecified atom stereocenters. The number of hydrogen-bond donors (Lipinski definition) is 0. The van der Waals surface area contributed by atoms with E-state index < -0.39 is 0 Å². The molecule has 12 heavy (non-hydrogen) atoms. The zero-order chi connectivity index (χ0) is 9.30. The van der Waals surface area contributed by atoms with E-state index in [1.807, 2.05) is 6.92 Å². The number of amides is 1. The molecule has 0 aromatic rings. The van der Waals surface area contributed by atoms with Crippen LogP contribution in [0.1, 0.15) is 19.8 Å². The Morgan fingerprint density at radius 1 is 1.50 bits per heavy atom. The second-order valence-corrected chi connectivity index (χ2v) is 3.74. The Morgan fingerprint density at radius 2 is 2.08 bits per heavy atom. The first kappa shape index (κ1) is 9.23. The third-order valence-electron chi connectivity index (χ3n) is 2.43. The van der Waals surface area contributed by atoms with Crippen molar-refractivity contribution >= 4 is 11.7 Å². The molecule has 1 rings (SSSR count). The average Bonchev–Trinajstić information content (AvgIpc) is 2.30. The molecule has 1 fully saturated rings. The molecule has 0 heterocycles. The second-order valence-electron chi connectivity index (χ2n) is 3.74. The van der Waals surface area contributed by atoms with E-state index in [1.54, 1.807) is 19.0 Å². The summed E-state index contributed by atoms with van der Waals surface area (Å²) >= 11 is 0. The van der Waals surface area contributed by atoms with E-state index in [4.69, 9.17) is 0 Å². The first-order valence-electron chi connectivity index (χ1n) is 4.26. The molecule has 0 aliphatic heterocycles. The van der Waals surface area contributed by atoms with Crippen LogP contribution in [0.15, 0.2) is 0 Å². The molecule has 0 N–H and O–H groups in total. The van der Waals surface area contributed by atoms with Crippen LogP contribution < -0.4 is 0 Å². The SMILES string of the molecule is CC1CC(C(=O)N(C)C)CC1=O. The van der Waals surface area contributed by atoms with Gasteiger partial charge in [0.2, 0.25) is 5.91 Å². The van der Waals surface area contributed by atoms with Gasteiger partial charge < -0.3 is 4.90 Å². The number of ketones is 1. The van der Waals surface area contributed by atoms with Crippen LogP contribution in [0.3, 0.4) is 0 Å². The average molecular weight is 169 g/mol. The second kappa shape index (κ2) is 3.25. The number of hydrogen-bond acceptors (Lipinski definition) is 2. The third-order valence-corrected chi connectivity index (χ3v) is 2.43. The van der Waals surface area contributed by atoms with Gasteiger partial charge in [0, 0.05) is 32.4 Å². The lowest BCUT2D eigenvalue weighted by Crippen LogP contribution is -2.28. The van der Waals surface area contributed by atoms with Gasteiger partial charge in [0.05, 0.1) is 0 Å². The summed E-state index contributed by atoms with van der Waals surface area (Å²) in [4.78, 5) is 24.1. The lowest BCUT2D eigenvalue weighted by molar-refractivity contribution is -0.133. The van der Waals surface area contributed by atoms with Crippen LogP contribution in [-0.2, 0) is 9.59 Å². The van der Waals surface area contributed by atoms with Crippen LogP contribution in [0.4, 0.5) is 0 Å². The van der Waals surface area contributed by atoms with Crippen LogP contribution in [0.2, 0.25) is 0 Å². The predicted octanol–water partition coefficient (Wildman–Crippen LogP) is 0.690. The van der Waals surface area contributed by atoms with Gasteiger partial charge in [-0.2, -0.15) is 0 Å². The fraction of sp³-hybridized carbons (Fsp3) is 0.778. The lowest BCUT2D eigenvalue weighted by Gasteiger charge is -2.14. The van der Waals surface area contributed by atoms with Gasteiger partial charge in [0.15, 0.2) is 0 Å². The fourth-order valence-electron chi connectivity index (χ4n) is 1.64. The fourth-order valence-corrected chi connectivity index (χ4v) is 1.64. The molecule has 2 atom stereocenters. The van der Waals surface area contributed by atoms with Crippen LogP contribution >= 0.6 is 0 Å². The third kappa shape index (κ3) is 1.65. The highest BCUT2D eigenvalue weighted by Gasteiger charge is 2.34. The molecule has 1 aliphatic carbocycles. The van der Waals surface area contributed by atoms with Crippen LogP contribution in [0.25, 0.3) is 0 Å². The highest BCUT2D eigenvalue weighted by Crippen LogP contribution is 2.28. The normalized spacial score (nSPS) is 29.1. The standard InChI is InChI=1S/C9H15NO2/c1-6-4-7(5-8(6)11)9(12)10(2)3/h6-7H,4-5H2,1-3H3. The Hall–Kier alpha value is -0.860. The minimum absolute atomic E-state index is 0.0532. The van der Waals surface area contributed by atoms with Crippen molar-refractivity contribution in [3.05, 3.63) is 0 Å². The van der Waals surface area contributed by atoms with E-state index in [-0.39, 0.29) is 23.5 Å². The summed E-state index contributed by atoms with van der Waals surface area (Å²) in [5, 5.41) is 0. The highest BCUT2D eigenvalue weighted by molar-refractivity contribution is 5.91. The van der Waals surface area contributed by atoms with Gasteiger partial charge >= 0.3 is 0 Å². The molecule has 0 bridgehead atoms. The van der Waals surface area contributed by atoms with Crippen molar-refractivity contribution in [1.29, 1.82) is 0 Å². The number of carbonyl (C=O) groups is 2. The maximum atomic E-state index is 11.4. The van der Waals surface area contributed by atoms with Crippen molar-refractivity contribution in [2.45, 2.75) is 19.8 Å². The maximum Gasteiger partial charge on any atom is 0.225 e. The quantitative estimate of drug-likeness (QED) is 0.579. The predicted molar refractivity (Wildman–Crippen MR) is 45.6 cm³/mol. The lowest BCUT2D eigenvalue weighted by atomic mass is 10.1. The Kier molecular flexibility index (Phi) is 2.50. The number of Topliss-reactive ketones (excluding diaryl/α,β-unsaturated/α-hetero) is 1. The van der Waals surface area contributed by atoms with Gasteiger partial charge in [-0.3, -0.25) is 9.59 Å². The number of rotatable bonds is 1. The molecule has 0 aromatic carbocycles. The van der Waals surface area contributed by atoms with E-state index in [2.05, 4.69) is 0 Å². The molecule has 3 nitrogen and oxygen atoms in total. The van der Waals surface area contributed by atoms with Gasteiger partial charge in [0.1, 0.15) is 5.78 Å². The monoisotopic (exact) mass is 169 g/mol. The zero-order valence-corrected chi connectivity index (χ0v) is 7.83. The summed E-state index contributed by atoms with van der Waals surface area (Å²) in [7, 11) is 3.46. The summed E-state index contributed by atoms with van der Waals surface area (Å²) in [6.45, 7) is 1.89. The topological polar surface area (TPSA) is 37.4 Å². The van der Waals surface area contributed by atoms with Crippen molar-refractivity contribution in [2.75, 3.05) is 14.1 Å². The largest absolute Gasteiger partial charge is 0.349 e. The summed E-state index contributed by atoms with van der Waals surface area (Å²) in [6, 6.07) is 0. The summed E-state index contributed by atoms with van der Waals surface area (Å²) in [5.41, 5.74) is 0.